The summed E-state index contributed by atoms with van der Waals surface area (Å²) in [5, 5.41) is 2.26. The minimum atomic E-state index is -0.926. The van der Waals surface area contributed by atoms with Gasteiger partial charge in [0.25, 0.3) is 0 Å². The van der Waals surface area contributed by atoms with Crippen LogP contribution < -0.4 is 0 Å². The zero-order valence-electron chi connectivity index (χ0n) is 13.3. The molecule has 0 saturated carbocycles. The maximum absolute atomic E-state index is 11.2. The highest BCUT2D eigenvalue weighted by molar-refractivity contribution is 7.78. The number of hydrogen-bond donors (Lipinski definition) is 0. The fraction of sp³-hybridized carbons (Fsp3) is 0.786. The van der Waals surface area contributed by atoms with Crippen molar-refractivity contribution in [3.05, 3.63) is 0 Å². The standard InChI is InChI=1S/C14H19NO7S/c1-7(16)18-5-9(15-6-23)10-11-12(22-14(3,4)21-11)13(20-10)19-8(2)17/h9-13H,5H2,1-4H3/t9-,10-,11+,12+,13+/m1/s1. The van der Waals surface area contributed by atoms with Crippen molar-refractivity contribution in [3.8, 4) is 0 Å². The molecule has 0 unspecified atom stereocenters. The number of ether oxygens (including phenoxy) is 5. The SMILES string of the molecule is CC(=O)OC[C@@H](N=C=S)[C@H]1O[C@H](OC(C)=O)[C@H]2OC(C)(C)O[C@H]21. The van der Waals surface area contributed by atoms with Gasteiger partial charge in [0, 0.05) is 13.8 Å². The molecule has 5 atom stereocenters. The highest BCUT2D eigenvalue weighted by Crippen LogP contribution is 2.40. The Bertz CT molecular complexity index is 531. The third kappa shape index (κ3) is 4.33. The number of carbonyl (C=O) groups is 2. The van der Waals surface area contributed by atoms with Crippen LogP contribution in [-0.2, 0) is 33.3 Å². The van der Waals surface area contributed by atoms with Crippen LogP contribution in [0.15, 0.2) is 4.99 Å². The van der Waals surface area contributed by atoms with Gasteiger partial charge >= 0.3 is 11.9 Å². The van der Waals surface area contributed by atoms with Crippen LogP contribution in [0.5, 0.6) is 0 Å². The molecule has 8 nitrogen and oxygen atoms in total. The van der Waals surface area contributed by atoms with Crippen LogP contribution in [0, 0.1) is 0 Å². The Kier molecular flexibility index (Phi) is 5.49. The number of rotatable bonds is 5. The highest BCUT2D eigenvalue weighted by Gasteiger charge is 2.58. The average Bonchev–Trinajstić information content (AvgIpc) is 2.89. The van der Waals surface area contributed by atoms with Gasteiger partial charge in [-0.15, -0.1) is 0 Å². The molecule has 0 aromatic rings. The van der Waals surface area contributed by atoms with Gasteiger partial charge in [0.05, 0.1) is 5.16 Å². The molecule has 0 N–H and O–H groups in total. The molecule has 0 aromatic carbocycles. The van der Waals surface area contributed by atoms with Crippen molar-refractivity contribution in [2.75, 3.05) is 6.61 Å². The second kappa shape index (κ2) is 7.02. The van der Waals surface area contributed by atoms with Gasteiger partial charge in [-0.1, -0.05) is 0 Å². The number of hydrogen-bond acceptors (Lipinski definition) is 9. The molecule has 0 bridgehead atoms. The van der Waals surface area contributed by atoms with Crippen molar-refractivity contribution < 1.29 is 33.3 Å². The Morgan fingerprint density at radius 2 is 1.91 bits per heavy atom. The fourth-order valence-corrected chi connectivity index (χ4v) is 2.77. The predicted molar refractivity (Wildman–Crippen MR) is 79.7 cm³/mol. The first-order valence-corrected chi connectivity index (χ1v) is 7.53. The summed E-state index contributed by atoms with van der Waals surface area (Å²) in [6, 6.07) is -0.637. The predicted octanol–water partition coefficient (Wildman–Crippen LogP) is 0.829. The number of isothiocyanates is 1. The van der Waals surface area contributed by atoms with Crippen molar-refractivity contribution >= 4 is 29.3 Å². The van der Waals surface area contributed by atoms with Crippen LogP contribution in [0.2, 0.25) is 0 Å². The second-order valence-electron chi connectivity index (χ2n) is 5.73. The minimum absolute atomic E-state index is 0.0521. The summed E-state index contributed by atoms with van der Waals surface area (Å²) in [7, 11) is 0. The van der Waals surface area contributed by atoms with E-state index in [2.05, 4.69) is 22.4 Å². The topological polar surface area (TPSA) is 92.7 Å². The smallest absolute Gasteiger partial charge is 0.305 e. The number of carbonyl (C=O) groups excluding carboxylic acids is 2. The summed E-state index contributed by atoms with van der Waals surface area (Å²) >= 11 is 4.64. The summed E-state index contributed by atoms with van der Waals surface area (Å²) in [6.07, 6.45) is -2.72. The lowest BCUT2D eigenvalue weighted by Gasteiger charge is -2.26. The van der Waals surface area contributed by atoms with E-state index in [0.717, 1.165) is 0 Å². The molecule has 2 fully saturated rings. The van der Waals surface area contributed by atoms with Crippen LogP contribution >= 0.6 is 12.2 Å². The summed E-state index contributed by atoms with van der Waals surface area (Å²) in [4.78, 5) is 26.3. The van der Waals surface area contributed by atoms with E-state index in [4.69, 9.17) is 23.7 Å². The molecule has 2 aliphatic rings. The second-order valence-corrected chi connectivity index (χ2v) is 5.92. The van der Waals surface area contributed by atoms with E-state index in [1.54, 1.807) is 13.8 Å². The molecule has 128 valence electrons. The molecule has 0 radical (unpaired) electrons. The third-order valence-corrected chi connectivity index (χ3v) is 3.49. The van der Waals surface area contributed by atoms with Crippen molar-refractivity contribution in [1.82, 2.24) is 0 Å². The molecule has 0 spiro atoms. The minimum Gasteiger partial charge on any atom is -0.463 e. The summed E-state index contributed by atoms with van der Waals surface area (Å²) < 4.78 is 27.4. The average molecular weight is 345 g/mol. The third-order valence-electron chi connectivity index (χ3n) is 3.38. The van der Waals surface area contributed by atoms with Crippen LogP contribution in [0.4, 0.5) is 0 Å². The van der Waals surface area contributed by atoms with Gasteiger partial charge in [-0.05, 0) is 26.1 Å². The maximum atomic E-state index is 11.2. The van der Waals surface area contributed by atoms with Crippen LogP contribution in [0.1, 0.15) is 27.7 Å². The number of nitrogens with zero attached hydrogens (tertiary/aromatic N) is 1. The number of esters is 2. The summed E-state index contributed by atoms with van der Waals surface area (Å²) in [5.41, 5.74) is 0. The Labute approximate surface area is 139 Å². The van der Waals surface area contributed by atoms with E-state index in [9.17, 15) is 9.59 Å². The number of aliphatic imine (C=N–C) groups is 1. The molecule has 0 aliphatic carbocycles. The molecule has 2 saturated heterocycles. The zero-order chi connectivity index (χ0) is 17.2. The Morgan fingerprint density at radius 3 is 2.48 bits per heavy atom. The van der Waals surface area contributed by atoms with Crippen LogP contribution in [0.25, 0.3) is 0 Å². The number of thiocarbonyl (C=S) groups is 1. The van der Waals surface area contributed by atoms with Gasteiger partial charge in [-0.3, -0.25) is 9.59 Å². The van der Waals surface area contributed by atoms with Crippen molar-refractivity contribution in [1.29, 1.82) is 0 Å². The lowest BCUT2D eigenvalue weighted by atomic mass is 10.0. The molecule has 0 aromatic heterocycles. The Hall–Kier alpha value is -1.38. The maximum Gasteiger partial charge on any atom is 0.305 e. The molecule has 23 heavy (non-hydrogen) atoms. The largest absolute Gasteiger partial charge is 0.463 e. The van der Waals surface area contributed by atoms with Gasteiger partial charge in [0.1, 0.15) is 24.9 Å². The molecule has 9 heteroatoms. The van der Waals surface area contributed by atoms with Crippen molar-refractivity contribution in [2.24, 2.45) is 4.99 Å². The Morgan fingerprint density at radius 1 is 1.26 bits per heavy atom. The van der Waals surface area contributed by atoms with E-state index < -0.39 is 48.4 Å². The molecular weight excluding hydrogens is 326 g/mol. The zero-order valence-corrected chi connectivity index (χ0v) is 14.1. The summed E-state index contributed by atoms with van der Waals surface area (Å²) in [5.74, 6) is -1.81. The van der Waals surface area contributed by atoms with Crippen LogP contribution in [0.3, 0.4) is 0 Å². The molecule has 2 rings (SSSR count). The normalized spacial score (nSPS) is 32.5. The van der Waals surface area contributed by atoms with Gasteiger partial charge < -0.3 is 23.7 Å². The quantitative estimate of drug-likeness (QED) is 0.411. The summed E-state index contributed by atoms with van der Waals surface area (Å²) in [6.45, 7) is 6.01. The van der Waals surface area contributed by atoms with Crippen molar-refractivity contribution in [2.45, 2.75) is 64.1 Å². The van der Waals surface area contributed by atoms with Crippen molar-refractivity contribution in [3.63, 3.8) is 0 Å². The molecule has 0 amide bonds. The van der Waals surface area contributed by atoms with E-state index in [0.29, 0.717) is 0 Å². The lowest BCUT2D eigenvalue weighted by molar-refractivity contribution is -0.233. The first kappa shape index (κ1) is 18.0. The van der Waals surface area contributed by atoms with E-state index >= 15 is 0 Å². The first-order valence-electron chi connectivity index (χ1n) is 7.12. The van der Waals surface area contributed by atoms with Gasteiger partial charge in [0.15, 0.2) is 11.9 Å². The lowest BCUT2D eigenvalue weighted by Crippen LogP contribution is -2.40. The first-order chi connectivity index (χ1) is 10.7. The molecule has 2 aliphatic heterocycles. The monoisotopic (exact) mass is 345 g/mol. The molecular formula is C14H19NO7S. The molecule has 2 heterocycles. The highest BCUT2D eigenvalue weighted by atomic mass is 32.1. The van der Waals surface area contributed by atoms with Gasteiger partial charge in [-0.25, -0.2) is 4.99 Å². The fourth-order valence-electron chi connectivity index (χ4n) is 2.64. The van der Waals surface area contributed by atoms with E-state index in [1.165, 1.54) is 13.8 Å². The van der Waals surface area contributed by atoms with E-state index in [-0.39, 0.29) is 6.61 Å². The van der Waals surface area contributed by atoms with Gasteiger partial charge in [0.2, 0.25) is 6.29 Å². The van der Waals surface area contributed by atoms with E-state index in [1.807, 2.05) is 0 Å². The number of fused-ring (bicyclic) bond motifs is 1. The van der Waals surface area contributed by atoms with Crippen LogP contribution in [-0.4, -0.2) is 60.1 Å². The van der Waals surface area contributed by atoms with Gasteiger partial charge in [-0.2, -0.15) is 0 Å². The Balaban J connectivity index is 2.20.